The Bertz CT molecular complexity index is 1020. The van der Waals surface area contributed by atoms with Gasteiger partial charge in [-0.15, -0.1) is 0 Å². The van der Waals surface area contributed by atoms with Crippen LogP contribution >= 0.6 is 0 Å². The maximum atomic E-state index is 13.5. The van der Waals surface area contributed by atoms with Crippen molar-refractivity contribution in [2.24, 2.45) is 0 Å². The Hall–Kier alpha value is -2.63. The van der Waals surface area contributed by atoms with Gasteiger partial charge in [-0.2, -0.15) is 0 Å². The molecular formula is C25H32N2O3. The van der Waals surface area contributed by atoms with E-state index in [1.165, 1.54) is 0 Å². The zero-order chi connectivity index (χ0) is 21.8. The molecule has 2 aromatic carbocycles. The van der Waals surface area contributed by atoms with Crippen LogP contribution < -0.4 is 4.74 Å². The summed E-state index contributed by atoms with van der Waals surface area (Å²) in [5.41, 5.74) is 4.32. The molecule has 5 nitrogen and oxygen atoms in total. The molecule has 0 aliphatic heterocycles. The molecule has 1 N–H and O–H groups in total. The summed E-state index contributed by atoms with van der Waals surface area (Å²) in [5, 5.41) is 11.9. The number of ketones is 1. The fourth-order valence-corrected chi connectivity index (χ4v) is 4.05. The summed E-state index contributed by atoms with van der Waals surface area (Å²) in [4.78, 5) is 15.7. The van der Waals surface area contributed by atoms with Crippen LogP contribution in [0.1, 0.15) is 41.0 Å². The minimum atomic E-state index is -0.566. The van der Waals surface area contributed by atoms with Crippen molar-refractivity contribution in [2.75, 3.05) is 26.7 Å². The number of methoxy groups -OCH3 is 1. The number of aliphatic hydroxyl groups is 1. The number of nitrogens with zero attached hydrogens (tertiary/aromatic N) is 2. The van der Waals surface area contributed by atoms with Gasteiger partial charge in [0, 0.05) is 23.0 Å². The SMILES string of the molecule is CCN(CC)CC(O)Cn1c(C(=O)c2ccc(OC)cc2)c(C)c2cc(C)ccc21. The number of aromatic nitrogens is 1. The largest absolute Gasteiger partial charge is 0.497 e. The van der Waals surface area contributed by atoms with Crippen LogP contribution in [0.2, 0.25) is 0 Å². The van der Waals surface area contributed by atoms with Crippen molar-refractivity contribution in [3.8, 4) is 5.75 Å². The molecule has 0 aliphatic rings. The third-order valence-corrected chi connectivity index (χ3v) is 5.80. The summed E-state index contributed by atoms with van der Waals surface area (Å²) in [7, 11) is 1.61. The minimum Gasteiger partial charge on any atom is -0.497 e. The third-order valence-electron chi connectivity index (χ3n) is 5.80. The Morgan fingerprint density at radius 2 is 1.77 bits per heavy atom. The highest BCUT2D eigenvalue weighted by atomic mass is 16.5. The number of rotatable bonds is 9. The predicted molar refractivity (Wildman–Crippen MR) is 122 cm³/mol. The third kappa shape index (κ3) is 4.42. The summed E-state index contributed by atoms with van der Waals surface area (Å²) in [6.07, 6.45) is -0.566. The van der Waals surface area contributed by atoms with E-state index in [9.17, 15) is 9.90 Å². The smallest absolute Gasteiger partial charge is 0.209 e. The average molecular weight is 409 g/mol. The second kappa shape index (κ2) is 9.45. The van der Waals surface area contributed by atoms with E-state index in [1.807, 2.05) is 17.6 Å². The first-order chi connectivity index (χ1) is 14.4. The maximum absolute atomic E-state index is 13.5. The number of aliphatic hydroxyl groups excluding tert-OH is 1. The minimum absolute atomic E-state index is 0.0426. The van der Waals surface area contributed by atoms with Gasteiger partial charge in [0.1, 0.15) is 5.75 Å². The fourth-order valence-electron chi connectivity index (χ4n) is 4.05. The van der Waals surface area contributed by atoms with Gasteiger partial charge in [-0.25, -0.2) is 0 Å². The van der Waals surface area contributed by atoms with Gasteiger partial charge in [0.2, 0.25) is 5.78 Å². The van der Waals surface area contributed by atoms with Crippen LogP contribution in [0, 0.1) is 13.8 Å². The summed E-state index contributed by atoms with van der Waals surface area (Å²) in [6, 6.07) is 13.4. The number of carbonyl (C=O) groups is 1. The van der Waals surface area contributed by atoms with E-state index in [4.69, 9.17) is 4.74 Å². The van der Waals surface area contributed by atoms with E-state index < -0.39 is 6.10 Å². The van der Waals surface area contributed by atoms with Crippen LogP contribution in [-0.2, 0) is 6.54 Å². The number of aryl methyl sites for hydroxylation is 2. The molecule has 0 fully saturated rings. The van der Waals surface area contributed by atoms with Crippen LogP contribution in [0.15, 0.2) is 42.5 Å². The molecule has 3 rings (SSSR count). The average Bonchev–Trinajstić information content (AvgIpc) is 3.02. The highest BCUT2D eigenvalue weighted by Gasteiger charge is 2.23. The summed E-state index contributed by atoms with van der Waals surface area (Å²) >= 11 is 0. The van der Waals surface area contributed by atoms with Crippen molar-refractivity contribution < 1.29 is 14.6 Å². The highest BCUT2D eigenvalue weighted by molar-refractivity contribution is 6.12. The molecule has 1 heterocycles. The number of benzene rings is 2. The molecule has 1 aromatic heterocycles. The van der Waals surface area contributed by atoms with Crippen molar-refractivity contribution in [3.63, 3.8) is 0 Å². The second-order valence-corrected chi connectivity index (χ2v) is 7.80. The van der Waals surface area contributed by atoms with Gasteiger partial charge < -0.3 is 19.3 Å². The number of hydrogen-bond acceptors (Lipinski definition) is 4. The fraction of sp³-hybridized carbons (Fsp3) is 0.400. The van der Waals surface area contributed by atoms with Gasteiger partial charge >= 0.3 is 0 Å². The molecule has 1 atom stereocenters. The summed E-state index contributed by atoms with van der Waals surface area (Å²) in [6.45, 7) is 10.9. The first-order valence-corrected chi connectivity index (χ1v) is 10.6. The van der Waals surface area contributed by atoms with Crippen molar-refractivity contribution in [2.45, 2.75) is 40.3 Å². The predicted octanol–water partition coefficient (Wildman–Crippen LogP) is 4.20. The van der Waals surface area contributed by atoms with Gasteiger partial charge in [-0.05, 0) is 68.9 Å². The Labute approximate surface area is 178 Å². The number of fused-ring (bicyclic) bond motifs is 1. The summed E-state index contributed by atoms with van der Waals surface area (Å²) in [5.74, 6) is 0.674. The topological polar surface area (TPSA) is 54.7 Å². The number of likely N-dealkylation sites (N-methyl/N-ethyl adjacent to an activating group) is 1. The van der Waals surface area contributed by atoms with E-state index in [2.05, 4.69) is 37.8 Å². The lowest BCUT2D eigenvalue weighted by Gasteiger charge is -2.23. The molecule has 5 heteroatoms. The quantitative estimate of drug-likeness (QED) is 0.539. The Morgan fingerprint density at radius 3 is 2.37 bits per heavy atom. The lowest BCUT2D eigenvalue weighted by Crippen LogP contribution is -2.35. The maximum Gasteiger partial charge on any atom is 0.209 e. The number of hydrogen-bond donors (Lipinski definition) is 1. The van der Waals surface area contributed by atoms with Crippen LogP contribution in [-0.4, -0.2) is 53.2 Å². The second-order valence-electron chi connectivity index (χ2n) is 7.80. The van der Waals surface area contributed by atoms with Crippen LogP contribution in [0.5, 0.6) is 5.75 Å². The van der Waals surface area contributed by atoms with Crippen LogP contribution in [0.3, 0.4) is 0 Å². The van der Waals surface area contributed by atoms with Gasteiger partial charge in [-0.1, -0.05) is 25.5 Å². The molecule has 30 heavy (non-hydrogen) atoms. The van der Waals surface area contributed by atoms with E-state index in [-0.39, 0.29) is 5.78 Å². The zero-order valence-corrected chi connectivity index (χ0v) is 18.6. The van der Waals surface area contributed by atoms with Gasteiger partial charge in [0.15, 0.2) is 0 Å². The highest BCUT2D eigenvalue weighted by Crippen LogP contribution is 2.29. The lowest BCUT2D eigenvalue weighted by atomic mass is 10.0. The Kier molecular flexibility index (Phi) is 6.95. The van der Waals surface area contributed by atoms with E-state index in [0.717, 1.165) is 35.1 Å². The Morgan fingerprint density at radius 1 is 1.10 bits per heavy atom. The molecular weight excluding hydrogens is 376 g/mol. The van der Waals surface area contributed by atoms with E-state index >= 15 is 0 Å². The van der Waals surface area contributed by atoms with E-state index in [1.54, 1.807) is 31.4 Å². The first-order valence-electron chi connectivity index (χ1n) is 10.6. The van der Waals surface area contributed by atoms with Crippen molar-refractivity contribution >= 4 is 16.7 Å². The standard InChI is InChI=1S/C25H32N2O3/c1-6-26(7-2)15-20(28)16-27-23-13-8-17(3)14-22(23)18(4)24(27)25(29)19-9-11-21(30-5)12-10-19/h8-14,20,28H,6-7,15-16H2,1-5H3. The molecule has 160 valence electrons. The molecule has 0 bridgehead atoms. The first kappa shape index (κ1) is 22.1. The molecule has 0 saturated carbocycles. The number of carbonyl (C=O) groups excluding carboxylic acids is 1. The van der Waals surface area contributed by atoms with Gasteiger partial charge in [-0.3, -0.25) is 4.79 Å². The van der Waals surface area contributed by atoms with Gasteiger partial charge in [0.05, 0.1) is 25.5 Å². The molecule has 1 unspecified atom stereocenters. The molecule has 3 aromatic rings. The van der Waals surface area contributed by atoms with Crippen LogP contribution in [0.25, 0.3) is 10.9 Å². The molecule has 0 spiro atoms. The molecule has 0 radical (unpaired) electrons. The van der Waals surface area contributed by atoms with E-state index in [0.29, 0.717) is 30.1 Å². The van der Waals surface area contributed by atoms with Crippen molar-refractivity contribution in [3.05, 3.63) is 64.8 Å². The Balaban J connectivity index is 2.06. The van der Waals surface area contributed by atoms with Crippen LogP contribution in [0.4, 0.5) is 0 Å². The normalized spacial score (nSPS) is 12.5. The monoisotopic (exact) mass is 408 g/mol. The molecule has 0 amide bonds. The molecule has 0 saturated heterocycles. The zero-order valence-electron chi connectivity index (χ0n) is 18.6. The summed E-state index contributed by atoms with van der Waals surface area (Å²) < 4.78 is 7.21. The van der Waals surface area contributed by atoms with Crippen molar-refractivity contribution in [1.82, 2.24) is 9.47 Å². The molecule has 0 aliphatic carbocycles. The van der Waals surface area contributed by atoms with Gasteiger partial charge in [0.25, 0.3) is 0 Å². The van der Waals surface area contributed by atoms with Crippen molar-refractivity contribution in [1.29, 1.82) is 0 Å². The lowest BCUT2D eigenvalue weighted by molar-refractivity contribution is 0.0975. The number of ether oxygens (including phenoxy) is 1.